The van der Waals surface area contributed by atoms with Gasteiger partial charge in [0.15, 0.2) is 0 Å². The van der Waals surface area contributed by atoms with E-state index in [9.17, 15) is 18.0 Å². The van der Waals surface area contributed by atoms with Gasteiger partial charge in [-0.2, -0.15) is 13.2 Å². The van der Waals surface area contributed by atoms with Crippen LogP contribution in [0.15, 0.2) is 12.4 Å². The third kappa shape index (κ3) is 3.18. The molecule has 1 atom stereocenters. The smallest absolute Gasteiger partial charge is 0.396 e. The normalized spacial score (nSPS) is 13.5. The Morgan fingerprint density at radius 1 is 1.44 bits per heavy atom. The summed E-state index contributed by atoms with van der Waals surface area (Å²) in [4.78, 5) is 17.6. The number of carboxylic acids is 1. The molecule has 1 heterocycles. The fourth-order valence-electron chi connectivity index (χ4n) is 1.18. The summed E-state index contributed by atoms with van der Waals surface area (Å²) in [6.07, 6.45) is -3.63. The van der Waals surface area contributed by atoms with Crippen molar-refractivity contribution in [2.24, 2.45) is 0 Å². The predicted molar refractivity (Wildman–Crippen MR) is 47.8 cm³/mol. The lowest BCUT2D eigenvalue weighted by molar-refractivity contribution is -0.163. The zero-order valence-corrected chi connectivity index (χ0v) is 8.32. The van der Waals surface area contributed by atoms with E-state index in [-0.39, 0.29) is 5.56 Å². The monoisotopic (exact) mass is 234 g/mol. The first-order valence-electron chi connectivity index (χ1n) is 4.37. The molecule has 88 valence electrons. The number of alkyl halides is 3. The number of hydrogen-bond donors (Lipinski definition) is 1. The molecule has 0 aliphatic rings. The van der Waals surface area contributed by atoms with E-state index >= 15 is 0 Å². The van der Waals surface area contributed by atoms with Crippen LogP contribution in [0, 0.1) is 6.92 Å². The Morgan fingerprint density at radius 2 is 1.94 bits per heavy atom. The average Bonchev–Trinajstić information content (AvgIpc) is 2.14. The molecule has 0 saturated carbocycles. The van der Waals surface area contributed by atoms with Gasteiger partial charge in [-0.15, -0.1) is 0 Å². The highest BCUT2D eigenvalue weighted by atomic mass is 19.4. The maximum absolute atomic E-state index is 12.5. The van der Waals surface area contributed by atoms with Crippen LogP contribution in [0.3, 0.4) is 0 Å². The highest BCUT2D eigenvalue weighted by Crippen LogP contribution is 2.36. The van der Waals surface area contributed by atoms with E-state index < -0.39 is 24.5 Å². The number of aromatic nitrogens is 2. The quantitative estimate of drug-likeness (QED) is 0.867. The van der Waals surface area contributed by atoms with Gasteiger partial charge in [0.05, 0.1) is 12.3 Å². The lowest BCUT2D eigenvalue weighted by atomic mass is 9.98. The van der Waals surface area contributed by atoms with E-state index in [1.165, 1.54) is 6.92 Å². The van der Waals surface area contributed by atoms with Crippen molar-refractivity contribution >= 4 is 5.97 Å². The molecule has 0 spiro atoms. The molecule has 0 radical (unpaired) electrons. The fraction of sp³-hybridized carbons (Fsp3) is 0.444. The number of aryl methyl sites for hydroxylation is 1. The summed E-state index contributed by atoms with van der Waals surface area (Å²) in [6.45, 7) is 1.53. The van der Waals surface area contributed by atoms with Gasteiger partial charge in [0.25, 0.3) is 0 Å². The zero-order chi connectivity index (χ0) is 12.3. The van der Waals surface area contributed by atoms with Crippen LogP contribution in [-0.2, 0) is 4.79 Å². The number of hydrogen-bond acceptors (Lipinski definition) is 3. The van der Waals surface area contributed by atoms with Crippen molar-refractivity contribution in [3.05, 3.63) is 23.8 Å². The van der Waals surface area contributed by atoms with Crippen LogP contribution < -0.4 is 0 Å². The molecule has 0 fully saturated rings. The van der Waals surface area contributed by atoms with Gasteiger partial charge in [-0.3, -0.25) is 4.79 Å². The van der Waals surface area contributed by atoms with E-state index in [2.05, 4.69) is 9.97 Å². The van der Waals surface area contributed by atoms with Crippen LogP contribution in [0.25, 0.3) is 0 Å². The molecule has 0 bridgehead atoms. The Labute approximate surface area is 89.1 Å². The second kappa shape index (κ2) is 4.46. The van der Waals surface area contributed by atoms with Crippen molar-refractivity contribution in [2.75, 3.05) is 0 Å². The maximum Gasteiger partial charge on any atom is 0.396 e. The number of carbonyl (C=O) groups is 1. The Balaban J connectivity index is 3.01. The van der Waals surface area contributed by atoms with Gasteiger partial charge in [0, 0.05) is 18.0 Å². The predicted octanol–water partition coefficient (Wildman–Crippen LogP) is 1.91. The lowest BCUT2D eigenvalue weighted by Gasteiger charge is -2.18. The lowest BCUT2D eigenvalue weighted by Crippen LogP contribution is -2.24. The van der Waals surface area contributed by atoms with E-state index in [0.717, 1.165) is 12.4 Å². The topological polar surface area (TPSA) is 63.1 Å². The summed E-state index contributed by atoms with van der Waals surface area (Å²) in [5, 5.41) is 8.42. The van der Waals surface area contributed by atoms with E-state index in [1.807, 2.05) is 0 Å². The van der Waals surface area contributed by atoms with Crippen molar-refractivity contribution < 1.29 is 23.1 Å². The minimum atomic E-state index is -4.61. The molecule has 0 aliphatic carbocycles. The van der Waals surface area contributed by atoms with Crippen LogP contribution in [0.2, 0.25) is 0 Å². The van der Waals surface area contributed by atoms with Gasteiger partial charge < -0.3 is 5.11 Å². The third-order valence-corrected chi connectivity index (χ3v) is 1.98. The molecule has 1 unspecified atom stereocenters. The molecule has 1 rings (SSSR count). The number of carboxylic acid groups (broad SMARTS) is 1. The molecule has 1 aromatic rings. The van der Waals surface area contributed by atoms with Crippen LogP contribution in [0.1, 0.15) is 23.7 Å². The van der Waals surface area contributed by atoms with Crippen LogP contribution in [0.4, 0.5) is 13.2 Å². The summed E-state index contributed by atoms with van der Waals surface area (Å²) in [6, 6.07) is 0. The Hall–Kier alpha value is -1.66. The van der Waals surface area contributed by atoms with Gasteiger partial charge >= 0.3 is 12.1 Å². The van der Waals surface area contributed by atoms with Crippen LogP contribution in [0.5, 0.6) is 0 Å². The summed E-state index contributed by atoms with van der Waals surface area (Å²) in [5.74, 6) is -3.24. The summed E-state index contributed by atoms with van der Waals surface area (Å²) < 4.78 is 37.6. The van der Waals surface area contributed by atoms with Gasteiger partial charge in [0.2, 0.25) is 0 Å². The fourth-order valence-corrected chi connectivity index (χ4v) is 1.18. The van der Waals surface area contributed by atoms with E-state index in [1.54, 1.807) is 0 Å². The highest BCUT2D eigenvalue weighted by Gasteiger charge is 2.42. The average molecular weight is 234 g/mol. The first kappa shape index (κ1) is 12.4. The minimum absolute atomic E-state index is 0.236. The first-order chi connectivity index (χ1) is 7.30. The van der Waals surface area contributed by atoms with Gasteiger partial charge in [-0.25, -0.2) is 9.97 Å². The largest absolute Gasteiger partial charge is 0.481 e. The van der Waals surface area contributed by atoms with Crippen molar-refractivity contribution in [1.29, 1.82) is 0 Å². The Morgan fingerprint density at radius 3 is 2.31 bits per heavy atom. The highest BCUT2D eigenvalue weighted by molar-refractivity contribution is 5.68. The molecule has 0 saturated heterocycles. The van der Waals surface area contributed by atoms with Crippen molar-refractivity contribution in [3.63, 3.8) is 0 Å². The summed E-state index contributed by atoms with van der Waals surface area (Å²) in [7, 11) is 0. The number of halogens is 3. The van der Waals surface area contributed by atoms with E-state index in [4.69, 9.17) is 5.11 Å². The Kier molecular flexibility index (Phi) is 3.46. The van der Waals surface area contributed by atoms with Crippen molar-refractivity contribution in [1.82, 2.24) is 9.97 Å². The van der Waals surface area contributed by atoms with Gasteiger partial charge in [-0.1, -0.05) is 0 Å². The Bertz CT molecular complexity index is 375. The second-order valence-corrected chi connectivity index (χ2v) is 3.26. The molecule has 0 aliphatic heterocycles. The van der Waals surface area contributed by atoms with E-state index in [0.29, 0.717) is 5.82 Å². The molecular weight excluding hydrogens is 225 g/mol. The SMILES string of the molecule is Cc1ncc(C(CC(=O)O)C(F)(F)F)cn1. The molecule has 1 N–H and O–H groups in total. The van der Waals surface area contributed by atoms with Crippen molar-refractivity contribution in [2.45, 2.75) is 25.4 Å². The molecule has 0 aromatic carbocycles. The number of aliphatic carboxylic acids is 1. The standard InChI is InChI=1S/C9H9F3N2O2/c1-5-13-3-6(4-14-5)7(2-8(15)16)9(10,11)12/h3-4,7H,2H2,1H3,(H,15,16). The molecule has 0 amide bonds. The zero-order valence-electron chi connectivity index (χ0n) is 8.32. The molecular formula is C9H9F3N2O2. The molecule has 1 aromatic heterocycles. The second-order valence-electron chi connectivity index (χ2n) is 3.26. The number of rotatable bonds is 3. The molecule has 16 heavy (non-hydrogen) atoms. The molecule has 7 heteroatoms. The first-order valence-corrected chi connectivity index (χ1v) is 4.37. The van der Waals surface area contributed by atoms with Gasteiger partial charge in [0.1, 0.15) is 5.82 Å². The van der Waals surface area contributed by atoms with Crippen LogP contribution >= 0.6 is 0 Å². The van der Waals surface area contributed by atoms with Crippen molar-refractivity contribution in [3.8, 4) is 0 Å². The minimum Gasteiger partial charge on any atom is -0.481 e. The maximum atomic E-state index is 12.5. The summed E-state index contributed by atoms with van der Waals surface area (Å²) in [5.41, 5.74) is -0.236. The van der Waals surface area contributed by atoms with Crippen LogP contribution in [-0.4, -0.2) is 27.2 Å². The number of nitrogens with zero attached hydrogens (tertiary/aromatic N) is 2. The van der Waals surface area contributed by atoms with Gasteiger partial charge in [-0.05, 0) is 6.92 Å². The third-order valence-electron chi connectivity index (χ3n) is 1.98. The summed E-state index contributed by atoms with van der Waals surface area (Å²) >= 11 is 0. The molecule has 4 nitrogen and oxygen atoms in total.